The van der Waals surface area contributed by atoms with E-state index in [0.717, 1.165) is 16.9 Å². The summed E-state index contributed by atoms with van der Waals surface area (Å²) in [5.74, 6) is 0.830. The van der Waals surface area contributed by atoms with Gasteiger partial charge in [-0.2, -0.15) is 5.10 Å². The second-order valence-corrected chi connectivity index (χ2v) is 5.55. The Hall–Kier alpha value is -2.30. The van der Waals surface area contributed by atoms with Gasteiger partial charge in [-0.25, -0.2) is 0 Å². The van der Waals surface area contributed by atoms with Crippen molar-refractivity contribution >= 4 is 11.7 Å². The predicted octanol–water partition coefficient (Wildman–Crippen LogP) is 2.14. The maximum absolute atomic E-state index is 11.9. The smallest absolute Gasteiger partial charge is 0.241 e. The summed E-state index contributed by atoms with van der Waals surface area (Å²) in [6.07, 6.45) is 1.92. The van der Waals surface area contributed by atoms with Crippen LogP contribution in [-0.4, -0.2) is 35.8 Å². The zero-order chi connectivity index (χ0) is 15.4. The number of hydrogen-bond acceptors (Lipinski definition) is 3. The summed E-state index contributed by atoms with van der Waals surface area (Å²) in [7, 11) is 3.90. The Labute approximate surface area is 125 Å². The van der Waals surface area contributed by atoms with Crippen molar-refractivity contribution in [1.82, 2.24) is 15.1 Å². The molecule has 0 saturated carbocycles. The quantitative estimate of drug-likeness (QED) is 0.916. The average Bonchev–Trinajstić information content (AvgIpc) is 2.82. The van der Waals surface area contributed by atoms with E-state index in [2.05, 4.69) is 10.4 Å². The molecule has 0 fully saturated rings. The molecule has 0 aliphatic carbocycles. The molecule has 1 aromatic carbocycles. The average molecular weight is 286 g/mol. The summed E-state index contributed by atoms with van der Waals surface area (Å²) in [5, 5.41) is 7.39. The molecule has 5 heteroatoms. The van der Waals surface area contributed by atoms with Crippen LogP contribution in [0.1, 0.15) is 13.8 Å². The van der Waals surface area contributed by atoms with E-state index in [1.807, 2.05) is 69.4 Å². The molecule has 1 amide bonds. The van der Waals surface area contributed by atoms with E-state index in [1.54, 1.807) is 4.68 Å². The lowest BCUT2D eigenvalue weighted by molar-refractivity contribution is -0.122. The highest BCUT2D eigenvalue weighted by Gasteiger charge is 2.14. The molecule has 112 valence electrons. The van der Waals surface area contributed by atoms with E-state index in [4.69, 9.17) is 0 Å². The normalized spacial score (nSPS) is 10.7. The van der Waals surface area contributed by atoms with Crippen LogP contribution >= 0.6 is 0 Å². The Kier molecular flexibility index (Phi) is 4.62. The number of carbonyl (C=O) groups excluding carboxylic acids is 1. The van der Waals surface area contributed by atoms with E-state index in [0.29, 0.717) is 0 Å². The Bertz CT molecular complexity index is 602. The molecular formula is C16H22N4O. The molecule has 0 unspecified atom stereocenters. The molecular weight excluding hydrogens is 264 g/mol. The molecule has 1 N–H and O–H groups in total. The van der Waals surface area contributed by atoms with Gasteiger partial charge in [-0.05, 0) is 19.4 Å². The summed E-state index contributed by atoms with van der Waals surface area (Å²) < 4.78 is 1.69. The van der Waals surface area contributed by atoms with Crippen LogP contribution in [0.2, 0.25) is 0 Å². The largest absolute Gasteiger partial charge is 0.361 e. The van der Waals surface area contributed by atoms with Gasteiger partial charge in [-0.3, -0.25) is 9.48 Å². The van der Waals surface area contributed by atoms with Crippen LogP contribution in [0, 0.1) is 0 Å². The van der Waals surface area contributed by atoms with Gasteiger partial charge in [-0.15, -0.1) is 0 Å². The minimum absolute atomic E-state index is 0.0302. The Balaban J connectivity index is 2.28. The Morgan fingerprint density at radius 1 is 1.29 bits per heavy atom. The Morgan fingerprint density at radius 2 is 1.95 bits per heavy atom. The van der Waals surface area contributed by atoms with Crippen molar-refractivity contribution in [2.24, 2.45) is 0 Å². The maximum atomic E-state index is 11.9. The second-order valence-electron chi connectivity index (χ2n) is 5.55. The van der Waals surface area contributed by atoms with Crippen LogP contribution in [0.15, 0.2) is 36.5 Å². The van der Waals surface area contributed by atoms with Crippen molar-refractivity contribution < 1.29 is 4.79 Å². The van der Waals surface area contributed by atoms with Gasteiger partial charge >= 0.3 is 0 Å². The van der Waals surface area contributed by atoms with E-state index < -0.39 is 0 Å². The molecule has 0 aliphatic heterocycles. The molecule has 0 aliphatic rings. The number of anilines is 1. The lowest BCUT2D eigenvalue weighted by Crippen LogP contribution is -2.33. The number of amides is 1. The van der Waals surface area contributed by atoms with Crippen LogP contribution in [0.25, 0.3) is 11.1 Å². The van der Waals surface area contributed by atoms with Gasteiger partial charge in [0.1, 0.15) is 6.54 Å². The van der Waals surface area contributed by atoms with Crippen LogP contribution in [-0.2, 0) is 11.3 Å². The lowest BCUT2D eigenvalue weighted by atomic mass is 10.1. The molecule has 2 rings (SSSR count). The molecule has 21 heavy (non-hydrogen) atoms. The molecule has 0 bridgehead atoms. The van der Waals surface area contributed by atoms with Gasteiger partial charge < -0.3 is 10.2 Å². The van der Waals surface area contributed by atoms with Crippen LogP contribution in [0.5, 0.6) is 0 Å². The number of carbonyl (C=O) groups is 1. The van der Waals surface area contributed by atoms with Gasteiger partial charge in [0.2, 0.25) is 5.91 Å². The molecule has 2 aromatic rings. The first-order valence-electron chi connectivity index (χ1n) is 7.07. The number of hydrogen-bond donors (Lipinski definition) is 1. The van der Waals surface area contributed by atoms with Gasteiger partial charge in [-0.1, -0.05) is 30.3 Å². The summed E-state index contributed by atoms with van der Waals surface area (Å²) in [6.45, 7) is 4.12. The van der Waals surface area contributed by atoms with Crippen molar-refractivity contribution in [2.75, 3.05) is 19.0 Å². The topological polar surface area (TPSA) is 50.2 Å². The first kappa shape index (κ1) is 15.1. The fourth-order valence-electron chi connectivity index (χ4n) is 2.16. The number of nitrogens with one attached hydrogen (secondary N) is 1. The monoisotopic (exact) mass is 286 g/mol. The maximum Gasteiger partial charge on any atom is 0.241 e. The predicted molar refractivity (Wildman–Crippen MR) is 85.3 cm³/mol. The van der Waals surface area contributed by atoms with Crippen LogP contribution in [0.4, 0.5) is 5.82 Å². The summed E-state index contributed by atoms with van der Waals surface area (Å²) in [4.78, 5) is 13.8. The summed E-state index contributed by atoms with van der Waals surface area (Å²) in [5.41, 5.74) is 2.12. The summed E-state index contributed by atoms with van der Waals surface area (Å²) >= 11 is 0. The summed E-state index contributed by atoms with van der Waals surface area (Å²) in [6, 6.07) is 10.2. The minimum atomic E-state index is -0.0302. The standard InChI is InChI=1S/C16H22N4O/c1-12(2)17-15(21)11-20-10-14(16(18-20)19(3)4)13-8-6-5-7-9-13/h5-10,12H,11H2,1-4H3,(H,17,21). The molecule has 5 nitrogen and oxygen atoms in total. The molecule has 1 heterocycles. The second kappa shape index (κ2) is 6.43. The molecule has 0 radical (unpaired) electrons. The highest BCUT2D eigenvalue weighted by molar-refractivity contribution is 5.78. The van der Waals surface area contributed by atoms with Crippen molar-refractivity contribution in [3.8, 4) is 11.1 Å². The third-order valence-corrected chi connectivity index (χ3v) is 3.01. The first-order chi connectivity index (χ1) is 9.97. The zero-order valence-electron chi connectivity index (χ0n) is 13.0. The SMILES string of the molecule is CC(C)NC(=O)Cn1cc(-c2ccccc2)c(N(C)C)n1. The first-order valence-corrected chi connectivity index (χ1v) is 7.07. The molecule has 0 spiro atoms. The minimum Gasteiger partial charge on any atom is -0.361 e. The van der Waals surface area contributed by atoms with E-state index in [-0.39, 0.29) is 18.5 Å². The fourth-order valence-corrected chi connectivity index (χ4v) is 2.16. The number of benzene rings is 1. The highest BCUT2D eigenvalue weighted by atomic mass is 16.2. The van der Waals surface area contributed by atoms with E-state index in [1.165, 1.54) is 0 Å². The number of rotatable bonds is 5. The van der Waals surface area contributed by atoms with Crippen LogP contribution in [0.3, 0.4) is 0 Å². The zero-order valence-corrected chi connectivity index (χ0v) is 13.0. The Morgan fingerprint density at radius 3 is 2.52 bits per heavy atom. The van der Waals surface area contributed by atoms with Crippen molar-refractivity contribution in [3.05, 3.63) is 36.5 Å². The van der Waals surface area contributed by atoms with Gasteiger partial charge in [0, 0.05) is 31.9 Å². The molecule has 0 atom stereocenters. The van der Waals surface area contributed by atoms with Crippen LogP contribution < -0.4 is 10.2 Å². The molecule has 0 saturated heterocycles. The van der Waals surface area contributed by atoms with Gasteiger partial charge in [0.25, 0.3) is 0 Å². The van der Waals surface area contributed by atoms with Gasteiger partial charge in [0.05, 0.1) is 0 Å². The lowest BCUT2D eigenvalue weighted by Gasteiger charge is -2.11. The molecule has 1 aromatic heterocycles. The van der Waals surface area contributed by atoms with Crippen molar-refractivity contribution in [2.45, 2.75) is 26.4 Å². The third kappa shape index (κ3) is 3.84. The van der Waals surface area contributed by atoms with Crippen molar-refractivity contribution in [1.29, 1.82) is 0 Å². The number of nitrogens with zero attached hydrogens (tertiary/aromatic N) is 3. The fraction of sp³-hybridized carbons (Fsp3) is 0.375. The van der Waals surface area contributed by atoms with Crippen molar-refractivity contribution in [3.63, 3.8) is 0 Å². The van der Waals surface area contributed by atoms with E-state index >= 15 is 0 Å². The highest BCUT2D eigenvalue weighted by Crippen LogP contribution is 2.28. The third-order valence-electron chi connectivity index (χ3n) is 3.01. The number of aromatic nitrogens is 2. The van der Waals surface area contributed by atoms with Gasteiger partial charge in [0.15, 0.2) is 5.82 Å². The van der Waals surface area contributed by atoms with E-state index in [9.17, 15) is 4.79 Å².